The highest BCUT2D eigenvalue weighted by atomic mass is 16.5. The summed E-state index contributed by atoms with van der Waals surface area (Å²) in [4.78, 5) is 10.9. The molecular formula is C10H16O3. The summed E-state index contributed by atoms with van der Waals surface area (Å²) in [7, 11) is 0. The molecule has 0 radical (unpaired) electrons. The summed E-state index contributed by atoms with van der Waals surface area (Å²) in [5.74, 6) is -0.274. The van der Waals surface area contributed by atoms with Crippen LogP contribution in [0.4, 0.5) is 0 Å². The van der Waals surface area contributed by atoms with Crippen molar-refractivity contribution in [1.82, 2.24) is 0 Å². The fraction of sp³-hybridized carbons (Fsp3) is 0.700. The molecule has 0 spiro atoms. The van der Waals surface area contributed by atoms with Crippen LogP contribution in [0.1, 0.15) is 32.6 Å². The smallest absolute Gasteiger partial charge is 0.308 e. The Hall–Kier alpha value is -0.830. The van der Waals surface area contributed by atoms with E-state index in [9.17, 15) is 9.90 Å². The Labute approximate surface area is 78.4 Å². The van der Waals surface area contributed by atoms with Gasteiger partial charge < -0.3 is 9.84 Å². The molecule has 3 heteroatoms. The summed E-state index contributed by atoms with van der Waals surface area (Å²) in [6.45, 7) is 1.96. The van der Waals surface area contributed by atoms with Gasteiger partial charge in [-0.05, 0) is 19.8 Å². The fourth-order valence-electron chi connectivity index (χ4n) is 1.49. The SMILES string of the molecule is C/C=C/CC[C@H]1C[C@@H](O)CC(=O)O1. The van der Waals surface area contributed by atoms with E-state index in [1.807, 2.05) is 19.1 Å². The van der Waals surface area contributed by atoms with Crippen molar-refractivity contribution in [2.24, 2.45) is 0 Å². The van der Waals surface area contributed by atoms with Crippen LogP contribution < -0.4 is 0 Å². The van der Waals surface area contributed by atoms with Crippen molar-refractivity contribution in [3.05, 3.63) is 12.2 Å². The molecule has 1 saturated heterocycles. The van der Waals surface area contributed by atoms with Crippen LogP contribution in [0, 0.1) is 0 Å². The Balaban J connectivity index is 2.28. The van der Waals surface area contributed by atoms with E-state index in [0.717, 1.165) is 12.8 Å². The van der Waals surface area contributed by atoms with Crippen LogP contribution in [0.15, 0.2) is 12.2 Å². The number of rotatable bonds is 3. The number of cyclic esters (lactones) is 1. The maximum Gasteiger partial charge on any atom is 0.308 e. The number of aliphatic hydroxyl groups is 1. The normalized spacial score (nSPS) is 29.2. The van der Waals surface area contributed by atoms with Gasteiger partial charge in [-0.15, -0.1) is 0 Å². The van der Waals surface area contributed by atoms with Crippen LogP contribution in [0.3, 0.4) is 0 Å². The zero-order valence-corrected chi connectivity index (χ0v) is 7.90. The Kier molecular flexibility index (Phi) is 3.96. The number of carbonyl (C=O) groups is 1. The number of ether oxygens (including phenoxy) is 1. The van der Waals surface area contributed by atoms with Gasteiger partial charge in [0.05, 0.1) is 12.5 Å². The molecule has 0 unspecified atom stereocenters. The highest BCUT2D eigenvalue weighted by molar-refractivity contribution is 5.70. The molecule has 0 aromatic heterocycles. The predicted octanol–water partition coefficient (Wildman–Crippen LogP) is 1.41. The largest absolute Gasteiger partial charge is 0.462 e. The summed E-state index contributed by atoms with van der Waals surface area (Å²) >= 11 is 0. The zero-order chi connectivity index (χ0) is 9.68. The van der Waals surface area contributed by atoms with Gasteiger partial charge in [-0.2, -0.15) is 0 Å². The quantitative estimate of drug-likeness (QED) is 0.533. The zero-order valence-electron chi connectivity index (χ0n) is 7.90. The van der Waals surface area contributed by atoms with Crippen molar-refractivity contribution in [2.45, 2.75) is 44.8 Å². The van der Waals surface area contributed by atoms with Crippen LogP contribution in [-0.4, -0.2) is 23.3 Å². The number of carbonyl (C=O) groups excluding carboxylic acids is 1. The molecule has 3 nitrogen and oxygen atoms in total. The predicted molar refractivity (Wildman–Crippen MR) is 49.2 cm³/mol. The molecule has 13 heavy (non-hydrogen) atoms. The number of allylic oxidation sites excluding steroid dienone is 2. The van der Waals surface area contributed by atoms with Gasteiger partial charge in [-0.1, -0.05) is 12.2 Å². The molecule has 1 aliphatic heterocycles. The molecule has 1 fully saturated rings. The molecule has 2 atom stereocenters. The second-order valence-electron chi connectivity index (χ2n) is 3.35. The topological polar surface area (TPSA) is 46.5 Å². The molecule has 1 heterocycles. The monoisotopic (exact) mass is 184 g/mol. The van der Waals surface area contributed by atoms with Gasteiger partial charge in [0.1, 0.15) is 6.10 Å². The summed E-state index contributed by atoms with van der Waals surface area (Å²) < 4.78 is 5.07. The highest BCUT2D eigenvalue weighted by Gasteiger charge is 2.26. The lowest BCUT2D eigenvalue weighted by Crippen LogP contribution is -2.32. The first kappa shape index (κ1) is 10.3. The standard InChI is InChI=1S/C10H16O3/c1-2-3-4-5-9-6-8(11)7-10(12)13-9/h2-3,8-9,11H,4-7H2,1H3/b3-2+/t8-,9+/m1/s1. The minimum Gasteiger partial charge on any atom is -0.462 e. The van der Waals surface area contributed by atoms with Gasteiger partial charge in [0.25, 0.3) is 0 Å². The lowest BCUT2D eigenvalue weighted by Gasteiger charge is -2.25. The third-order valence-corrected chi connectivity index (χ3v) is 2.13. The summed E-state index contributed by atoms with van der Waals surface area (Å²) in [6, 6.07) is 0. The first-order chi connectivity index (χ1) is 6.22. The van der Waals surface area contributed by atoms with E-state index in [-0.39, 0.29) is 18.5 Å². The lowest BCUT2D eigenvalue weighted by molar-refractivity contribution is -0.160. The average molecular weight is 184 g/mol. The van der Waals surface area contributed by atoms with Crippen molar-refractivity contribution in [2.75, 3.05) is 0 Å². The molecule has 0 saturated carbocycles. The number of hydrogen-bond acceptors (Lipinski definition) is 3. The second-order valence-corrected chi connectivity index (χ2v) is 3.35. The van der Waals surface area contributed by atoms with E-state index in [0.29, 0.717) is 6.42 Å². The first-order valence-electron chi connectivity index (χ1n) is 4.71. The van der Waals surface area contributed by atoms with Crippen molar-refractivity contribution >= 4 is 5.97 Å². The third kappa shape index (κ3) is 3.59. The molecule has 0 aromatic carbocycles. The number of aliphatic hydroxyl groups excluding tert-OH is 1. The van der Waals surface area contributed by atoms with E-state index in [1.165, 1.54) is 0 Å². The Morgan fingerprint density at radius 1 is 1.69 bits per heavy atom. The molecule has 1 rings (SSSR count). The summed E-state index contributed by atoms with van der Waals surface area (Å²) in [5.41, 5.74) is 0. The molecule has 0 amide bonds. The maximum atomic E-state index is 10.9. The van der Waals surface area contributed by atoms with Crippen molar-refractivity contribution in [3.63, 3.8) is 0 Å². The van der Waals surface area contributed by atoms with Crippen molar-refractivity contribution in [1.29, 1.82) is 0 Å². The minimum absolute atomic E-state index is 0.0903. The molecule has 74 valence electrons. The lowest BCUT2D eigenvalue weighted by atomic mass is 10.0. The summed E-state index contributed by atoms with van der Waals surface area (Å²) in [6.07, 6.45) is 5.87. The fourth-order valence-corrected chi connectivity index (χ4v) is 1.49. The Morgan fingerprint density at radius 3 is 3.08 bits per heavy atom. The van der Waals surface area contributed by atoms with Crippen LogP contribution in [0.2, 0.25) is 0 Å². The van der Waals surface area contributed by atoms with Gasteiger partial charge in [0.2, 0.25) is 0 Å². The highest BCUT2D eigenvalue weighted by Crippen LogP contribution is 2.18. The molecule has 0 aromatic rings. The molecule has 0 bridgehead atoms. The van der Waals surface area contributed by atoms with E-state index in [1.54, 1.807) is 0 Å². The molecule has 0 aliphatic carbocycles. The Bertz CT molecular complexity index is 198. The van der Waals surface area contributed by atoms with Gasteiger partial charge >= 0.3 is 5.97 Å². The van der Waals surface area contributed by atoms with Crippen LogP contribution in [-0.2, 0) is 9.53 Å². The van der Waals surface area contributed by atoms with Crippen LogP contribution >= 0.6 is 0 Å². The van der Waals surface area contributed by atoms with Gasteiger partial charge in [0, 0.05) is 6.42 Å². The maximum absolute atomic E-state index is 10.9. The van der Waals surface area contributed by atoms with E-state index >= 15 is 0 Å². The molecule has 1 N–H and O–H groups in total. The van der Waals surface area contributed by atoms with Crippen LogP contribution in [0.25, 0.3) is 0 Å². The minimum atomic E-state index is -0.503. The van der Waals surface area contributed by atoms with Gasteiger partial charge in [0.15, 0.2) is 0 Å². The van der Waals surface area contributed by atoms with Crippen LogP contribution in [0.5, 0.6) is 0 Å². The number of esters is 1. The molecule has 1 aliphatic rings. The number of hydrogen-bond donors (Lipinski definition) is 1. The average Bonchev–Trinajstić information content (AvgIpc) is 2.03. The van der Waals surface area contributed by atoms with E-state index in [4.69, 9.17) is 4.74 Å². The van der Waals surface area contributed by atoms with Crippen molar-refractivity contribution < 1.29 is 14.6 Å². The first-order valence-corrected chi connectivity index (χ1v) is 4.71. The van der Waals surface area contributed by atoms with Gasteiger partial charge in [-0.25, -0.2) is 0 Å². The summed E-state index contributed by atoms with van der Waals surface area (Å²) in [5, 5.41) is 9.29. The Morgan fingerprint density at radius 2 is 2.46 bits per heavy atom. The third-order valence-electron chi connectivity index (χ3n) is 2.13. The van der Waals surface area contributed by atoms with E-state index < -0.39 is 6.10 Å². The molecular weight excluding hydrogens is 168 g/mol. The van der Waals surface area contributed by atoms with Gasteiger partial charge in [-0.3, -0.25) is 4.79 Å². The van der Waals surface area contributed by atoms with E-state index in [2.05, 4.69) is 0 Å². The second kappa shape index (κ2) is 5.02. The van der Waals surface area contributed by atoms with Crippen molar-refractivity contribution in [3.8, 4) is 0 Å².